The second-order valence-electron chi connectivity index (χ2n) is 3.50. The van der Waals surface area contributed by atoms with Crippen molar-refractivity contribution in [2.45, 2.75) is 24.5 Å². The van der Waals surface area contributed by atoms with Crippen LogP contribution in [-0.2, 0) is 0 Å². The van der Waals surface area contributed by atoms with Crippen molar-refractivity contribution in [2.75, 3.05) is 13.1 Å². The highest BCUT2D eigenvalue weighted by Crippen LogP contribution is 2.36. The van der Waals surface area contributed by atoms with Gasteiger partial charge in [0.25, 0.3) is 0 Å². The minimum absolute atomic E-state index is 0.00694. The number of nitrogens with one attached hydrogen (secondary N) is 1. The van der Waals surface area contributed by atoms with Gasteiger partial charge in [0.1, 0.15) is 0 Å². The van der Waals surface area contributed by atoms with Gasteiger partial charge in [-0.2, -0.15) is 0 Å². The lowest BCUT2D eigenvalue weighted by Gasteiger charge is -2.25. The van der Waals surface area contributed by atoms with Crippen LogP contribution in [0.3, 0.4) is 0 Å². The first-order chi connectivity index (χ1) is 4.73. The summed E-state index contributed by atoms with van der Waals surface area (Å²) >= 11 is 0. The Bertz CT molecular complexity index is 151. The number of hydrogen-bond donors (Lipinski definition) is 3. The molecule has 0 aromatic heterocycles. The maximum Gasteiger partial charge on any atom is 0.0961 e. The molecule has 1 heterocycles. The maximum atomic E-state index is 9.91. The maximum absolute atomic E-state index is 9.91. The van der Waals surface area contributed by atoms with E-state index in [-0.39, 0.29) is 6.04 Å². The Morgan fingerprint density at radius 2 is 2.30 bits per heavy atom. The fourth-order valence-corrected chi connectivity index (χ4v) is 2.18. The molecule has 1 saturated carbocycles. The fourth-order valence-electron chi connectivity index (χ4n) is 2.18. The van der Waals surface area contributed by atoms with Crippen LogP contribution in [0, 0.1) is 5.92 Å². The van der Waals surface area contributed by atoms with Crippen molar-refractivity contribution >= 4 is 0 Å². The Kier molecular flexibility index (Phi) is 1.27. The van der Waals surface area contributed by atoms with E-state index >= 15 is 0 Å². The van der Waals surface area contributed by atoms with Gasteiger partial charge < -0.3 is 16.2 Å². The number of nitrogens with two attached hydrogens (primary N) is 1. The third-order valence-corrected chi connectivity index (χ3v) is 2.97. The van der Waals surface area contributed by atoms with Crippen LogP contribution in [-0.4, -0.2) is 29.8 Å². The molecule has 2 aliphatic rings. The smallest absolute Gasteiger partial charge is 0.0961 e. The Morgan fingerprint density at radius 1 is 1.50 bits per heavy atom. The molecular weight excluding hydrogens is 128 g/mol. The van der Waals surface area contributed by atoms with Crippen LogP contribution in [0.15, 0.2) is 0 Å². The van der Waals surface area contributed by atoms with Gasteiger partial charge in [0.2, 0.25) is 0 Å². The summed E-state index contributed by atoms with van der Waals surface area (Å²) in [6.07, 6.45) is 2.08. The van der Waals surface area contributed by atoms with Gasteiger partial charge in [0.15, 0.2) is 0 Å². The molecule has 58 valence electrons. The zero-order valence-corrected chi connectivity index (χ0v) is 6.01. The number of fused-ring (bicyclic) bond motifs is 1. The van der Waals surface area contributed by atoms with Gasteiger partial charge in [0, 0.05) is 25.0 Å². The fraction of sp³-hybridized carbons (Fsp3) is 1.00. The van der Waals surface area contributed by atoms with Crippen LogP contribution in [0.1, 0.15) is 12.8 Å². The lowest BCUT2D eigenvalue weighted by molar-refractivity contribution is 0.0235. The first kappa shape index (κ1) is 6.58. The molecule has 0 amide bonds. The lowest BCUT2D eigenvalue weighted by atomic mass is 9.92. The van der Waals surface area contributed by atoms with Crippen molar-refractivity contribution in [1.82, 2.24) is 5.32 Å². The van der Waals surface area contributed by atoms with Gasteiger partial charge in [-0.25, -0.2) is 0 Å². The van der Waals surface area contributed by atoms with Crippen molar-refractivity contribution in [3.63, 3.8) is 0 Å². The Hall–Kier alpha value is -0.120. The zero-order valence-electron chi connectivity index (χ0n) is 6.01. The predicted octanol–water partition coefficient (Wildman–Crippen LogP) is -0.942. The summed E-state index contributed by atoms with van der Waals surface area (Å²) in [5.41, 5.74) is 5.19. The number of aliphatic hydroxyl groups is 1. The van der Waals surface area contributed by atoms with Crippen LogP contribution in [0.5, 0.6) is 0 Å². The van der Waals surface area contributed by atoms with Gasteiger partial charge in [-0.05, 0) is 12.8 Å². The monoisotopic (exact) mass is 142 g/mol. The predicted molar refractivity (Wildman–Crippen MR) is 38.5 cm³/mol. The molecule has 1 saturated heterocycles. The topological polar surface area (TPSA) is 58.3 Å². The minimum atomic E-state index is -0.569. The molecule has 0 aromatic carbocycles. The van der Waals surface area contributed by atoms with Gasteiger partial charge in [-0.1, -0.05) is 0 Å². The third-order valence-electron chi connectivity index (χ3n) is 2.97. The molecule has 3 atom stereocenters. The summed E-state index contributed by atoms with van der Waals surface area (Å²) in [5.74, 6) is 0.419. The third kappa shape index (κ3) is 0.654. The van der Waals surface area contributed by atoms with E-state index in [1.165, 1.54) is 0 Å². The van der Waals surface area contributed by atoms with Crippen LogP contribution >= 0.6 is 0 Å². The number of hydrogen-bond acceptors (Lipinski definition) is 3. The molecule has 0 aromatic rings. The van der Waals surface area contributed by atoms with E-state index in [1.807, 2.05) is 0 Å². The molecule has 1 aliphatic carbocycles. The van der Waals surface area contributed by atoms with Crippen LogP contribution < -0.4 is 11.1 Å². The highest BCUT2D eigenvalue weighted by atomic mass is 16.3. The van der Waals surface area contributed by atoms with E-state index in [0.29, 0.717) is 12.5 Å². The SMILES string of the molecule is NC1CCC2CNCC12O. The second kappa shape index (κ2) is 1.94. The van der Waals surface area contributed by atoms with E-state index in [2.05, 4.69) is 5.32 Å². The molecule has 3 heteroatoms. The Labute approximate surface area is 60.6 Å². The minimum Gasteiger partial charge on any atom is -0.387 e. The standard InChI is InChI=1S/C7H14N2O/c8-6-2-1-5-3-9-4-7(5,6)10/h5-6,9-10H,1-4,8H2. The van der Waals surface area contributed by atoms with E-state index in [0.717, 1.165) is 19.4 Å². The van der Waals surface area contributed by atoms with Gasteiger partial charge in [-0.15, -0.1) is 0 Å². The van der Waals surface area contributed by atoms with Crippen LogP contribution in [0.25, 0.3) is 0 Å². The van der Waals surface area contributed by atoms with Crippen molar-refractivity contribution in [2.24, 2.45) is 11.7 Å². The number of β-amino-alcohol motifs (C(OH)–C–C–N with tert-alkyl or cyclic N) is 1. The van der Waals surface area contributed by atoms with Gasteiger partial charge >= 0.3 is 0 Å². The van der Waals surface area contributed by atoms with Crippen molar-refractivity contribution < 1.29 is 5.11 Å². The summed E-state index contributed by atoms with van der Waals surface area (Å²) in [6.45, 7) is 1.64. The summed E-state index contributed by atoms with van der Waals surface area (Å²) in [4.78, 5) is 0. The van der Waals surface area contributed by atoms with Gasteiger partial charge in [0.05, 0.1) is 5.60 Å². The molecule has 10 heavy (non-hydrogen) atoms. The van der Waals surface area contributed by atoms with Crippen molar-refractivity contribution in [1.29, 1.82) is 0 Å². The van der Waals surface area contributed by atoms with Gasteiger partial charge in [-0.3, -0.25) is 0 Å². The average Bonchev–Trinajstić information content (AvgIpc) is 2.36. The first-order valence-corrected chi connectivity index (χ1v) is 3.92. The summed E-state index contributed by atoms with van der Waals surface area (Å²) in [5, 5.41) is 13.1. The Morgan fingerprint density at radius 3 is 3.00 bits per heavy atom. The molecular formula is C7H14N2O. The largest absolute Gasteiger partial charge is 0.387 e. The molecule has 2 fully saturated rings. The van der Waals surface area contributed by atoms with E-state index in [9.17, 15) is 5.11 Å². The zero-order chi connectivity index (χ0) is 7.19. The molecule has 3 nitrogen and oxygen atoms in total. The summed E-state index contributed by atoms with van der Waals surface area (Å²) < 4.78 is 0. The van der Waals surface area contributed by atoms with Crippen molar-refractivity contribution in [3.8, 4) is 0 Å². The normalized spacial score (nSPS) is 53.4. The first-order valence-electron chi connectivity index (χ1n) is 3.92. The van der Waals surface area contributed by atoms with Crippen LogP contribution in [0.4, 0.5) is 0 Å². The molecule has 0 spiro atoms. The summed E-state index contributed by atoms with van der Waals surface area (Å²) in [6, 6.07) is 0.00694. The van der Waals surface area contributed by atoms with Crippen molar-refractivity contribution in [3.05, 3.63) is 0 Å². The van der Waals surface area contributed by atoms with E-state index in [1.54, 1.807) is 0 Å². The molecule has 4 N–H and O–H groups in total. The molecule has 3 unspecified atom stereocenters. The van der Waals surface area contributed by atoms with E-state index < -0.39 is 5.60 Å². The highest BCUT2D eigenvalue weighted by molar-refractivity contribution is 5.07. The van der Waals surface area contributed by atoms with Crippen LogP contribution in [0.2, 0.25) is 0 Å². The highest BCUT2D eigenvalue weighted by Gasteiger charge is 2.49. The molecule has 1 aliphatic heterocycles. The Balaban J connectivity index is 2.21. The quantitative estimate of drug-likeness (QED) is 0.409. The summed E-state index contributed by atoms with van der Waals surface area (Å²) in [7, 11) is 0. The lowest BCUT2D eigenvalue weighted by Crippen LogP contribution is -2.48. The second-order valence-corrected chi connectivity index (χ2v) is 3.50. The molecule has 0 radical (unpaired) electrons. The molecule has 0 bridgehead atoms. The molecule has 2 rings (SSSR count). The average molecular weight is 142 g/mol. The van der Waals surface area contributed by atoms with E-state index in [4.69, 9.17) is 5.73 Å². The number of rotatable bonds is 0.